The number of hydrogen-bond donors (Lipinski definition) is 4. The standard InChI is InChI=1S/C15H24N4O3/c1-4-15(5-2,9-16)13(20)18-10-6-7-11(19-14(17)21)12(8-10)22-3/h6-8H,4-5,9,16H2,1-3H3,(H,18,20)(H3,17,19,21). The third kappa shape index (κ3) is 3.88. The van der Waals surface area contributed by atoms with Crippen LogP contribution in [0.3, 0.4) is 0 Å². The van der Waals surface area contributed by atoms with Crippen LogP contribution in [-0.4, -0.2) is 25.6 Å². The van der Waals surface area contributed by atoms with Gasteiger partial charge in [-0.15, -0.1) is 0 Å². The van der Waals surface area contributed by atoms with Crippen molar-refractivity contribution in [3.8, 4) is 5.75 Å². The van der Waals surface area contributed by atoms with Crippen LogP contribution in [0.15, 0.2) is 18.2 Å². The Morgan fingerprint density at radius 1 is 1.23 bits per heavy atom. The normalized spacial score (nSPS) is 10.9. The predicted octanol–water partition coefficient (Wildman–Crippen LogP) is 1.89. The second-order valence-electron chi connectivity index (χ2n) is 5.05. The van der Waals surface area contributed by atoms with E-state index in [0.717, 1.165) is 0 Å². The molecule has 122 valence electrons. The van der Waals surface area contributed by atoms with E-state index in [1.54, 1.807) is 18.2 Å². The summed E-state index contributed by atoms with van der Waals surface area (Å²) < 4.78 is 5.19. The van der Waals surface area contributed by atoms with E-state index in [1.165, 1.54) is 7.11 Å². The number of primary amides is 1. The first-order valence-corrected chi connectivity index (χ1v) is 7.18. The number of nitrogens with one attached hydrogen (secondary N) is 2. The van der Waals surface area contributed by atoms with Gasteiger partial charge in [-0.05, 0) is 25.0 Å². The maximum atomic E-state index is 12.5. The highest BCUT2D eigenvalue weighted by Crippen LogP contribution is 2.30. The van der Waals surface area contributed by atoms with Gasteiger partial charge in [0, 0.05) is 18.3 Å². The summed E-state index contributed by atoms with van der Waals surface area (Å²) in [5, 5.41) is 5.30. The van der Waals surface area contributed by atoms with Crippen LogP contribution in [0.25, 0.3) is 0 Å². The molecule has 7 nitrogen and oxygen atoms in total. The van der Waals surface area contributed by atoms with E-state index in [4.69, 9.17) is 16.2 Å². The molecule has 1 aromatic carbocycles. The van der Waals surface area contributed by atoms with Crippen molar-refractivity contribution in [3.63, 3.8) is 0 Å². The van der Waals surface area contributed by atoms with Gasteiger partial charge in [-0.1, -0.05) is 13.8 Å². The maximum Gasteiger partial charge on any atom is 0.316 e. The van der Waals surface area contributed by atoms with Crippen molar-refractivity contribution in [1.82, 2.24) is 0 Å². The summed E-state index contributed by atoms with van der Waals surface area (Å²) in [5.41, 5.74) is 11.3. The van der Waals surface area contributed by atoms with Crippen LogP contribution in [0, 0.1) is 5.41 Å². The second-order valence-corrected chi connectivity index (χ2v) is 5.05. The monoisotopic (exact) mass is 308 g/mol. The average molecular weight is 308 g/mol. The molecule has 0 atom stereocenters. The van der Waals surface area contributed by atoms with E-state index < -0.39 is 11.4 Å². The molecule has 0 fully saturated rings. The number of hydrogen-bond acceptors (Lipinski definition) is 4. The summed E-state index contributed by atoms with van der Waals surface area (Å²) in [6.45, 7) is 4.16. The first-order valence-electron chi connectivity index (χ1n) is 7.18. The first-order chi connectivity index (χ1) is 10.4. The molecule has 22 heavy (non-hydrogen) atoms. The van der Waals surface area contributed by atoms with Gasteiger partial charge in [0.2, 0.25) is 5.91 Å². The van der Waals surface area contributed by atoms with Crippen molar-refractivity contribution in [2.75, 3.05) is 24.3 Å². The van der Waals surface area contributed by atoms with Gasteiger partial charge in [-0.25, -0.2) is 4.79 Å². The molecule has 0 bridgehead atoms. The number of anilines is 2. The summed E-state index contributed by atoms with van der Waals surface area (Å²) >= 11 is 0. The zero-order valence-electron chi connectivity index (χ0n) is 13.2. The van der Waals surface area contributed by atoms with Crippen LogP contribution < -0.4 is 26.8 Å². The van der Waals surface area contributed by atoms with E-state index in [1.807, 2.05) is 13.8 Å². The largest absolute Gasteiger partial charge is 0.494 e. The summed E-state index contributed by atoms with van der Waals surface area (Å²) in [6.07, 6.45) is 1.31. The van der Waals surface area contributed by atoms with Crippen molar-refractivity contribution in [3.05, 3.63) is 18.2 Å². The van der Waals surface area contributed by atoms with Gasteiger partial charge in [0.1, 0.15) is 5.75 Å². The molecule has 0 unspecified atom stereocenters. The molecule has 1 aromatic rings. The lowest BCUT2D eigenvalue weighted by Gasteiger charge is -2.28. The number of urea groups is 1. The SMILES string of the molecule is CCC(CC)(CN)C(=O)Nc1ccc(NC(N)=O)c(OC)c1. The van der Waals surface area contributed by atoms with Crippen molar-refractivity contribution in [2.45, 2.75) is 26.7 Å². The highest BCUT2D eigenvalue weighted by Gasteiger charge is 2.33. The number of nitrogens with two attached hydrogens (primary N) is 2. The van der Waals surface area contributed by atoms with Gasteiger partial charge < -0.3 is 26.8 Å². The number of carbonyl (C=O) groups is 2. The minimum atomic E-state index is -0.686. The van der Waals surface area contributed by atoms with Gasteiger partial charge in [-0.3, -0.25) is 4.79 Å². The molecule has 0 aliphatic rings. The molecule has 0 spiro atoms. The maximum absolute atomic E-state index is 12.5. The molecular weight excluding hydrogens is 284 g/mol. The molecule has 0 aliphatic heterocycles. The fourth-order valence-corrected chi connectivity index (χ4v) is 2.22. The fraction of sp³-hybridized carbons (Fsp3) is 0.467. The van der Waals surface area contributed by atoms with Gasteiger partial charge in [0.15, 0.2) is 0 Å². The number of methoxy groups -OCH3 is 1. The Bertz CT molecular complexity index is 533. The van der Waals surface area contributed by atoms with Gasteiger partial charge in [-0.2, -0.15) is 0 Å². The fourth-order valence-electron chi connectivity index (χ4n) is 2.22. The zero-order chi connectivity index (χ0) is 16.8. The van der Waals surface area contributed by atoms with Crippen LogP contribution in [0.4, 0.5) is 16.2 Å². The molecule has 0 aliphatic carbocycles. The van der Waals surface area contributed by atoms with Crippen LogP contribution >= 0.6 is 0 Å². The Kier molecular flexibility index (Phi) is 6.18. The van der Waals surface area contributed by atoms with Gasteiger partial charge >= 0.3 is 6.03 Å². The quantitative estimate of drug-likeness (QED) is 0.614. The Labute approximate surface area is 130 Å². The Balaban J connectivity index is 2.99. The third-order valence-electron chi connectivity index (χ3n) is 3.94. The zero-order valence-corrected chi connectivity index (χ0v) is 13.2. The number of rotatable bonds is 7. The van der Waals surface area contributed by atoms with E-state index in [0.29, 0.717) is 30.0 Å². The Morgan fingerprint density at radius 3 is 2.32 bits per heavy atom. The third-order valence-corrected chi connectivity index (χ3v) is 3.94. The molecular formula is C15H24N4O3. The molecule has 1 rings (SSSR count). The molecule has 6 N–H and O–H groups in total. The summed E-state index contributed by atoms with van der Waals surface area (Å²) in [4.78, 5) is 23.4. The predicted molar refractivity (Wildman–Crippen MR) is 86.9 cm³/mol. The lowest BCUT2D eigenvalue weighted by molar-refractivity contribution is -0.125. The van der Waals surface area contributed by atoms with Crippen molar-refractivity contribution in [2.24, 2.45) is 16.9 Å². The summed E-state index contributed by atoms with van der Waals surface area (Å²) in [6, 6.07) is 4.21. The first kappa shape index (κ1) is 17.8. The summed E-state index contributed by atoms with van der Waals surface area (Å²) in [7, 11) is 1.47. The van der Waals surface area contributed by atoms with Gasteiger partial charge in [0.05, 0.1) is 18.2 Å². The minimum absolute atomic E-state index is 0.127. The average Bonchev–Trinajstić information content (AvgIpc) is 2.50. The second kappa shape index (κ2) is 7.65. The Hall–Kier alpha value is -2.28. The lowest BCUT2D eigenvalue weighted by atomic mass is 9.81. The Morgan fingerprint density at radius 2 is 1.86 bits per heavy atom. The van der Waals surface area contributed by atoms with Crippen LogP contribution in [0.2, 0.25) is 0 Å². The highest BCUT2D eigenvalue weighted by molar-refractivity contribution is 5.96. The van der Waals surface area contributed by atoms with Crippen molar-refractivity contribution >= 4 is 23.3 Å². The van der Waals surface area contributed by atoms with Crippen LogP contribution in [-0.2, 0) is 4.79 Å². The van der Waals surface area contributed by atoms with E-state index in [9.17, 15) is 9.59 Å². The molecule has 0 heterocycles. The molecule has 0 saturated heterocycles. The molecule has 0 saturated carbocycles. The molecule has 3 amide bonds. The topological polar surface area (TPSA) is 119 Å². The molecule has 7 heteroatoms. The van der Waals surface area contributed by atoms with Gasteiger partial charge in [0.25, 0.3) is 0 Å². The number of benzene rings is 1. The summed E-state index contributed by atoms with van der Waals surface area (Å²) in [5.74, 6) is 0.278. The van der Waals surface area contributed by atoms with E-state index in [2.05, 4.69) is 10.6 Å². The minimum Gasteiger partial charge on any atom is -0.494 e. The van der Waals surface area contributed by atoms with E-state index in [-0.39, 0.29) is 12.5 Å². The molecule has 0 aromatic heterocycles. The number of carbonyl (C=O) groups excluding carboxylic acids is 2. The highest BCUT2D eigenvalue weighted by atomic mass is 16.5. The molecule has 0 radical (unpaired) electrons. The smallest absolute Gasteiger partial charge is 0.316 e. The van der Waals surface area contributed by atoms with Crippen molar-refractivity contribution in [1.29, 1.82) is 0 Å². The van der Waals surface area contributed by atoms with Crippen LogP contribution in [0.1, 0.15) is 26.7 Å². The number of amides is 3. The number of ether oxygens (including phenoxy) is 1. The van der Waals surface area contributed by atoms with E-state index >= 15 is 0 Å². The lowest BCUT2D eigenvalue weighted by Crippen LogP contribution is -2.41. The van der Waals surface area contributed by atoms with Crippen LogP contribution in [0.5, 0.6) is 5.75 Å². The van der Waals surface area contributed by atoms with Crippen molar-refractivity contribution < 1.29 is 14.3 Å².